The van der Waals surface area contributed by atoms with Gasteiger partial charge in [0.25, 0.3) is 5.91 Å². The highest BCUT2D eigenvalue weighted by Crippen LogP contribution is 2.21. The first-order chi connectivity index (χ1) is 11.4. The smallest absolute Gasteiger partial charge is 0.254 e. The largest absolute Gasteiger partial charge is 0.386 e. The Hall–Kier alpha value is -2.31. The van der Waals surface area contributed by atoms with Crippen molar-refractivity contribution in [3.8, 4) is 0 Å². The summed E-state index contributed by atoms with van der Waals surface area (Å²) in [6.07, 6.45) is -2.01. The first kappa shape index (κ1) is 18.0. The number of aliphatic hydroxyl groups excluding tert-OH is 1. The minimum absolute atomic E-state index is 0.176. The summed E-state index contributed by atoms with van der Waals surface area (Å²) in [5.74, 6) is -2.48. The SMILES string of the molecule is CO[C@@H](C(=O)NC(C)C(O)c1ccc(F)c(F)c1)c1ccccc1. The Balaban J connectivity index is 2.08. The Labute approximate surface area is 139 Å². The monoisotopic (exact) mass is 335 g/mol. The van der Waals surface area contributed by atoms with E-state index in [4.69, 9.17) is 4.74 Å². The minimum Gasteiger partial charge on any atom is -0.386 e. The molecule has 0 bridgehead atoms. The van der Waals surface area contributed by atoms with Crippen LogP contribution in [0.25, 0.3) is 0 Å². The second-order valence-corrected chi connectivity index (χ2v) is 5.44. The van der Waals surface area contributed by atoms with E-state index in [9.17, 15) is 18.7 Å². The summed E-state index contributed by atoms with van der Waals surface area (Å²) in [5.41, 5.74) is 0.849. The number of carbonyl (C=O) groups excluding carboxylic acids is 1. The Morgan fingerprint density at radius 3 is 2.33 bits per heavy atom. The molecule has 2 unspecified atom stereocenters. The van der Waals surface area contributed by atoms with Gasteiger partial charge in [0.15, 0.2) is 17.7 Å². The van der Waals surface area contributed by atoms with Gasteiger partial charge in [0, 0.05) is 7.11 Å². The molecule has 0 heterocycles. The molecule has 128 valence electrons. The third-order valence-electron chi connectivity index (χ3n) is 3.70. The van der Waals surface area contributed by atoms with Crippen LogP contribution in [0.5, 0.6) is 0 Å². The summed E-state index contributed by atoms with van der Waals surface area (Å²) < 4.78 is 31.5. The molecule has 3 atom stereocenters. The van der Waals surface area contributed by atoms with Gasteiger partial charge < -0.3 is 15.2 Å². The van der Waals surface area contributed by atoms with Gasteiger partial charge in [0.05, 0.1) is 12.1 Å². The van der Waals surface area contributed by atoms with Gasteiger partial charge in [-0.25, -0.2) is 8.78 Å². The number of benzene rings is 2. The lowest BCUT2D eigenvalue weighted by Crippen LogP contribution is -2.40. The molecule has 0 fully saturated rings. The van der Waals surface area contributed by atoms with E-state index in [0.29, 0.717) is 5.56 Å². The molecule has 0 saturated heterocycles. The van der Waals surface area contributed by atoms with Crippen LogP contribution in [0.1, 0.15) is 30.3 Å². The maximum absolute atomic E-state index is 13.3. The van der Waals surface area contributed by atoms with Gasteiger partial charge in [-0.15, -0.1) is 0 Å². The minimum atomic E-state index is -1.18. The van der Waals surface area contributed by atoms with Gasteiger partial charge in [0.1, 0.15) is 0 Å². The van der Waals surface area contributed by atoms with Gasteiger partial charge in [-0.05, 0) is 30.2 Å². The van der Waals surface area contributed by atoms with E-state index in [1.165, 1.54) is 13.2 Å². The fourth-order valence-corrected chi connectivity index (χ4v) is 2.39. The van der Waals surface area contributed by atoms with Crippen molar-refractivity contribution in [1.29, 1.82) is 0 Å². The average Bonchev–Trinajstić information content (AvgIpc) is 2.58. The van der Waals surface area contributed by atoms with Gasteiger partial charge in [-0.1, -0.05) is 36.4 Å². The molecular formula is C18H19F2NO3. The molecule has 0 saturated carbocycles. The molecule has 0 aliphatic heterocycles. The first-order valence-electron chi connectivity index (χ1n) is 7.45. The Bertz CT molecular complexity index is 694. The molecule has 2 N–H and O–H groups in total. The molecule has 6 heteroatoms. The van der Waals surface area contributed by atoms with Crippen molar-refractivity contribution in [3.05, 3.63) is 71.3 Å². The zero-order valence-corrected chi connectivity index (χ0v) is 13.4. The lowest BCUT2D eigenvalue weighted by molar-refractivity contribution is -0.132. The number of ether oxygens (including phenoxy) is 1. The summed E-state index contributed by atoms with van der Waals surface area (Å²) in [7, 11) is 1.41. The number of halogens is 2. The van der Waals surface area contributed by atoms with E-state index in [2.05, 4.69) is 5.32 Å². The maximum atomic E-state index is 13.3. The lowest BCUT2D eigenvalue weighted by atomic mass is 10.0. The molecule has 0 spiro atoms. The molecule has 0 aliphatic rings. The molecule has 2 rings (SSSR count). The Kier molecular flexibility index (Phi) is 6.00. The molecule has 1 amide bonds. The maximum Gasteiger partial charge on any atom is 0.254 e. The highest BCUT2D eigenvalue weighted by molar-refractivity contribution is 5.82. The summed E-state index contributed by atoms with van der Waals surface area (Å²) in [6.45, 7) is 1.57. The Morgan fingerprint density at radius 1 is 1.08 bits per heavy atom. The van der Waals surface area contributed by atoms with E-state index in [0.717, 1.165) is 12.1 Å². The average molecular weight is 335 g/mol. The van der Waals surface area contributed by atoms with Gasteiger partial charge in [0.2, 0.25) is 0 Å². The van der Waals surface area contributed by atoms with Crippen LogP contribution in [0.15, 0.2) is 48.5 Å². The first-order valence-corrected chi connectivity index (χ1v) is 7.45. The number of methoxy groups -OCH3 is 1. The number of carbonyl (C=O) groups is 1. The standard InChI is InChI=1S/C18H19F2NO3/c1-11(16(22)13-8-9-14(19)15(20)10-13)21-18(23)17(24-2)12-6-4-3-5-7-12/h3-11,16-17,22H,1-2H3,(H,21,23)/t11?,16?,17-/m1/s1. The van der Waals surface area contributed by atoms with E-state index in [1.807, 2.05) is 6.07 Å². The number of rotatable bonds is 6. The molecular weight excluding hydrogens is 316 g/mol. The van der Waals surface area contributed by atoms with Crippen molar-refractivity contribution < 1.29 is 23.4 Å². The van der Waals surface area contributed by atoms with Crippen molar-refractivity contribution >= 4 is 5.91 Å². The highest BCUT2D eigenvalue weighted by atomic mass is 19.2. The third kappa shape index (κ3) is 4.15. The zero-order chi connectivity index (χ0) is 17.7. The normalized spacial score (nSPS) is 14.7. The van der Waals surface area contributed by atoms with Crippen LogP contribution in [-0.4, -0.2) is 24.2 Å². The van der Waals surface area contributed by atoms with Crippen LogP contribution in [-0.2, 0) is 9.53 Å². The zero-order valence-electron chi connectivity index (χ0n) is 13.4. The van der Waals surface area contributed by atoms with Gasteiger partial charge in [-0.3, -0.25) is 4.79 Å². The third-order valence-corrected chi connectivity index (χ3v) is 3.70. The fourth-order valence-electron chi connectivity index (χ4n) is 2.39. The summed E-state index contributed by atoms with van der Waals surface area (Å²) in [4.78, 5) is 12.4. The predicted octanol–water partition coefficient (Wildman–Crippen LogP) is 2.89. The number of aliphatic hydroxyl groups is 1. The molecule has 24 heavy (non-hydrogen) atoms. The topological polar surface area (TPSA) is 58.6 Å². The number of nitrogens with one attached hydrogen (secondary N) is 1. The number of hydrogen-bond acceptors (Lipinski definition) is 3. The van der Waals surface area contributed by atoms with Crippen LogP contribution < -0.4 is 5.32 Å². The van der Waals surface area contributed by atoms with Crippen molar-refractivity contribution in [2.24, 2.45) is 0 Å². The van der Waals surface area contributed by atoms with E-state index in [-0.39, 0.29) is 5.56 Å². The van der Waals surface area contributed by atoms with Gasteiger partial charge >= 0.3 is 0 Å². The molecule has 4 nitrogen and oxygen atoms in total. The van der Waals surface area contributed by atoms with Crippen molar-refractivity contribution in [3.63, 3.8) is 0 Å². The molecule has 2 aromatic carbocycles. The lowest BCUT2D eigenvalue weighted by Gasteiger charge is -2.23. The van der Waals surface area contributed by atoms with Gasteiger partial charge in [-0.2, -0.15) is 0 Å². The van der Waals surface area contributed by atoms with E-state index in [1.54, 1.807) is 31.2 Å². The highest BCUT2D eigenvalue weighted by Gasteiger charge is 2.25. The molecule has 0 radical (unpaired) electrons. The van der Waals surface area contributed by atoms with Crippen molar-refractivity contribution in [2.45, 2.75) is 25.2 Å². The molecule has 0 aliphatic carbocycles. The van der Waals surface area contributed by atoms with Crippen molar-refractivity contribution in [1.82, 2.24) is 5.32 Å². The number of hydrogen-bond donors (Lipinski definition) is 2. The second kappa shape index (κ2) is 7.99. The fraction of sp³-hybridized carbons (Fsp3) is 0.278. The molecule has 2 aromatic rings. The van der Waals surface area contributed by atoms with Crippen LogP contribution in [0.3, 0.4) is 0 Å². The molecule has 0 aromatic heterocycles. The second-order valence-electron chi connectivity index (χ2n) is 5.44. The summed E-state index contributed by atoms with van der Waals surface area (Å²) in [6, 6.07) is 11.3. The quantitative estimate of drug-likeness (QED) is 0.853. The van der Waals surface area contributed by atoms with Crippen LogP contribution >= 0.6 is 0 Å². The van der Waals surface area contributed by atoms with E-state index >= 15 is 0 Å². The van der Waals surface area contributed by atoms with E-state index < -0.39 is 35.8 Å². The van der Waals surface area contributed by atoms with Crippen LogP contribution in [0, 0.1) is 11.6 Å². The Morgan fingerprint density at radius 2 is 1.75 bits per heavy atom. The van der Waals surface area contributed by atoms with Crippen LogP contribution in [0.4, 0.5) is 8.78 Å². The van der Waals surface area contributed by atoms with Crippen LogP contribution in [0.2, 0.25) is 0 Å². The number of amides is 1. The summed E-state index contributed by atoms with van der Waals surface area (Å²) >= 11 is 0. The van der Waals surface area contributed by atoms with Crippen molar-refractivity contribution in [2.75, 3.05) is 7.11 Å². The summed E-state index contributed by atoms with van der Waals surface area (Å²) in [5, 5.41) is 12.9. The predicted molar refractivity (Wildman–Crippen MR) is 85.1 cm³/mol.